The molecule has 24 heavy (non-hydrogen) atoms. The van der Waals surface area contributed by atoms with Crippen molar-refractivity contribution >= 4 is 28.2 Å². The predicted molar refractivity (Wildman–Crippen MR) is 97.8 cm³/mol. The Morgan fingerprint density at radius 1 is 1.29 bits per heavy atom. The van der Waals surface area contributed by atoms with Gasteiger partial charge in [0.05, 0.1) is 17.4 Å². The fourth-order valence-corrected chi connectivity index (χ4v) is 3.56. The van der Waals surface area contributed by atoms with Gasteiger partial charge in [-0.1, -0.05) is 29.8 Å². The molecule has 0 fully saturated rings. The van der Waals surface area contributed by atoms with E-state index in [9.17, 15) is 4.79 Å². The van der Waals surface area contributed by atoms with Crippen molar-refractivity contribution in [3.05, 3.63) is 69.2 Å². The fraction of sp³-hybridized carbons (Fsp3) is 0.263. The average molecular weight is 340 g/mol. The molecule has 4 nitrogen and oxygen atoms in total. The number of aryl methyl sites for hydroxylation is 1. The molecule has 1 aliphatic heterocycles. The molecule has 0 amide bonds. The Labute approximate surface area is 145 Å². The lowest BCUT2D eigenvalue weighted by molar-refractivity contribution is 0.552. The largest absolute Gasteiger partial charge is 0.361 e. The SMILES string of the molecule is C[C@@H]1CCc2ccccc2N1Cc1nc2cc(Cl)ccc2c(=O)[nH]1. The number of halogens is 1. The summed E-state index contributed by atoms with van der Waals surface area (Å²) in [6.07, 6.45) is 2.19. The maximum atomic E-state index is 12.3. The molecule has 1 N–H and O–H groups in total. The van der Waals surface area contributed by atoms with E-state index in [2.05, 4.69) is 46.1 Å². The van der Waals surface area contributed by atoms with Gasteiger partial charge >= 0.3 is 0 Å². The zero-order valence-electron chi connectivity index (χ0n) is 13.4. The molecule has 0 saturated heterocycles. The fourth-order valence-electron chi connectivity index (χ4n) is 3.40. The van der Waals surface area contributed by atoms with Gasteiger partial charge in [0, 0.05) is 16.8 Å². The van der Waals surface area contributed by atoms with Crippen molar-refractivity contribution in [3.8, 4) is 0 Å². The van der Waals surface area contributed by atoms with Gasteiger partial charge in [-0.2, -0.15) is 0 Å². The number of nitrogens with one attached hydrogen (secondary N) is 1. The van der Waals surface area contributed by atoms with Crippen LogP contribution in [0.3, 0.4) is 0 Å². The van der Waals surface area contributed by atoms with E-state index in [0.717, 1.165) is 12.8 Å². The van der Waals surface area contributed by atoms with Crippen molar-refractivity contribution in [1.82, 2.24) is 9.97 Å². The number of aromatic amines is 1. The molecular weight excluding hydrogens is 322 g/mol. The van der Waals surface area contributed by atoms with Crippen molar-refractivity contribution in [2.45, 2.75) is 32.4 Å². The number of para-hydroxylation sites is 1. The number of nitrogens with zero attached hydrogens (tertiary/aromatic N) is 2. The molecule has 3 aromatic rings. The molecule has 0 spiro atoms. The maximum absolute atomic E-state index is 12.3. The Bertz CT molecular complexity index is 966. The monoisotopic (exact) mass is 339 g/mol. The molecule has 1 aromatic heterocycles. The average Bonchev–Trinajstić information content (AvgIpc) is 2.57. The third-order valence-electron chi connectivity index (χ3n) is 4.70. The topological polar surface area (TPSA) is 49.0 Å². The van der Waals surface area contributed by atoms with Gasteiger partial charge < -0.3 is 9.88 Å². The Morgan fingerprint density at radius 2 is 2.12 bits per heavy atom. The second-order valence-corrected chi connectivity index (χ2v) is 6.75. The van der Waals surface area contributed by atoms with Gasteiger partial charge in [0.2, 0.25) is 0 Å². The van der Waals surface area contributed by atoms with Crippen LogP contribution in [0.4, 0.5) is 5.69 Å². The van der Waals surface area contributed by atoms with Crippen LogP contribution < -0.4 is 10.5 Å². The summed E-state index contributed by atoms with van der Waals surface area (Å²) >= 11 is 6.04. The molecule has 0 radical (unpaired) electrons. The zero-order chi connectivity index (χ0) is 16.7. The van der Waals surface area contributed by atoms with Crippen molar-refractivity contribution in [1.29, 1.82) is 0 Å². The van der Waals surface area contributed by atoms with E-state index in [-0.39, 0.29) is 5.56 Å². The highest BCUT2D eigenvalue weighted by Gasteiger charge is 2.23. The Balaban J connectivity index is 1.75. The van der Waals surface area contributed by atoms with Crippen LogP contribution in [-0.2, 0) is 13.0 Å². The van der Waals surface area contributed by atoms with Crippen LogP contribution in [-0.4, -0.2) is 16.0 Å². The third-order valence-corrected chi connectivity index (χ3v) is 4.94. The number of rotatable bonds is 2. The minimum Gasteiger partial charge on any atom is -0.361 e. The number of anilines is 1. The summed E-state index contributed by atoms with van der Waals surface area (Å²) in [6, 6.07) is 14.0. The van der Waals surface area contributed by atoms with E-state index < -0.39 is 0 Å². The summed E-state index contributed by atoms with van der Waals surface area (Å²) < 4.78 is 0. The lowest BCUT2D eigenvalue weighted by Crippen LogP contribution is -2.37. The molecule has 4 rings (SSSR count). The van der Waals surface area contributed by atoms with Gasteiger partial charge in [0.15, 0.2) is 0 Å². The van der Waals surface area contributed by atoms with E-state index in [1.807, 2.05) is 0 Å². The maximum Gasteiger partial charge on any atom is 0.258 e. The van der Waals surface area contributed by atoms with E-state index in [4.69, 9.17) is 11.6 Å². The summed E-state index contributed by atoms with van der Waals surface area (Å²) in [5.74, 6) is 0.665. The van der Waals surface area contributed by atoms with Crippen LogP contribution in [0.5, 0.6) is 0 Å². The number of H-pyrrole nitrogens is 1. The number of hydrogen-bond acceptors (Lipinski definition) is 3. The van der Waals surface area contributed by atoms with Crippen molar-refractivity contribution in [2.24, 2.45) is 0 Å². The lowest BCUT2D eigenvalue weighted by atomic mass is 9.96. The van der Waals surface area contributed by atoms with Crippen molar-refractivity contribution in [3.63, 3.8) is 0 Å². The van der Waals surface area contributed by atoms with E-state index in [1.165, 1.54) is 11.3 Å². The predicted octanol–water partition coefficient (Wildman–Crippen LogP) is 3.92. The van der Waals surface area contributed by atoms with Gasteiger partial charge in [-0.15, -0.1) is 0 Å². The first kappa shape index (κ1) is 15.2. The van der Waals surface area contributed by atoms with E-state index >= 15 is 0 Å². The van der Waals surface area contributed by atoms with E-state index in [1.54, 1.807) is 18.2 Å². The lowest BCUT2D eigenvalue weighted by Gasteiger charge is -2.36. The molecule has 0 unspecified atom stereocenters. The Morgan fingerprint density at radius 3 is 3.00 bits per heavy atom. The molecule has 1 aliphatic rings. The Kier molecular flexibility index (Phi) is 3.77. The minimum absolute atomic E-state index is 0.121. The number of aromatic nitrogens is 2. The molecule has 2 heterocycles. The molecule has 0 saturated carbocycles. The standard InChI is InChI=1S/C19H18ClN3O/c1-12-6-7-13-4-2-3-5-17(13)23(12)11-18-21-16-10-14(20)8-9-15(16)19(24)22-18/h2-5,8-10,12H,6-7,11H2,1H3,(H,21,22,24)/t12-/m1/s1. The molecular formula is C19H18ClN3O. The van der Waals surface area contributed by atoms with Crippen LogP contribution in [0.1, 0.15) is 24.7 Å². The zero-order valence-corrected chi connectivity index (χ0v) is 14.2. The van der Waals surface area contributed by atoms with Gasteiger partial charge in [-0.25, -0.2) is 4.98 Å². The van der Waals surface area contributed by atoms with Crippen molar-refractivity contribution < 1.29 is 0 Å². The first-order chi connectivity index (χ1) is 11.6. The van der Waals surface area contributed by atoms with Crippen LogP contribution in [0.2, 0.25) is 5.02 Å². The quantitative estimate of drug-likeness (QED) is 0.770. The number of fused-ring (bicyclic) bond motifs is 2. The van der Waals surface area contributed by atoms with Gasteiger partial charge in [-0.05, 0) is 49.6 Å². The van der Waals surface area contributed by atoms with Gasteiger partial charge in [0.25, 0.3) is 5.56 Å². The summed E-state index contributed by atoms with van der Waals surface area (Å²) in [5.41, 5.74) is 3.09. The van der Waals surface area contributed by atoms with Crippen molar-refractivity contribution in [2.75, 3.05) is 4.90 Å². The number of benzene rings is 2. The molecule has 2 aromatic carbocycles. The van der Waals surface area contributed by atoms with Crippen LogP contribution >= 0.6 is 11.6 Å². The molecule has 0 aliphatic carbocycles. The molecule has 5 heteroatoms. The number of hydrogen-bond donors (Lipinski definition) is 1. The first-order valence-corrected chi connectivity index (χ1v) is 8.52. The minimum atomic E-state index is -0.121. The summed E-state index contributed by atoms with van der Waals surface area (Å²) in [5, 5.41) is 1.15. The van der Waals surface area contributed by atoms with Crippen LogP contribution in [0.15, 0.2) is 47.3 Å². The second kappa shape index (κ2) is 5.95. The summed E-state index contributed by atoms with van der Waals surface area (Å²) in [6.45, 7) is 2.79. The smallest absolute Gasteiger partial charge is 0.258 e. The second-order valence-electron chi connectivity index (χ2n) is 6.32. The summed E-state index contributed by atoms with van der Waals surface area (Å²) in [7, 11) is 0. The first-order valence-electron chi connectivity index (χ1n) is 8.15. The van der Waals surface area contributed by atoms with Gasteiger partial charge in [-0.3, -0.25) is 4.79 Å². The summed E-state index contributed by atoms with van der Waals surface area (Å²) in [4.78, 5) is 22.2. The van der Waals surface area contributed by atoms with E-state index in [0.29, 0.717) is 34.3 Å². The molecule has 0 bridgehead atoms. The highest BCUT2D eigenvalue weighted by atomic mass is 35.5. The third kappa shape index (κ3) is 2.67. The highest BCUT2D eigenvalue weighted by Crippen LogP contribution is 2.31. The van der Waals surface area contributed by atoms with Crippen LogP contribution in [0, 0.1) is 0 Å². The van der Waals surface area contributed by atoms with Crippen LogP contribution in [0.25, 0.3) is 10.9 Å². The molecule has 1 atom stereocenters. The molecule has 122 valence electrons. The Hall–Kier alpha value is -2.33. The van der Waals surface area contributed by atoms with Gasteiger partial charge in [0.1, 0.15) is 5.82 Å². The normalized spacial score (nSPS) is 17.1. The highest BCUT2D eigenvalue weighted by molar-refractivity contribution is 6.31.